The molecule has 3 amide bonds. The predicted molar refractivity (Wildman–Crippen MR) is 122 cm³/mol. The highest BCUT2D eigenvalue weighted by atomic mass is 16.5. The van der Waals surface area contributed by atoms with Gasteiger partial charge in [0.15, 0.2) is 0 Å². The van der Waals surface area contributed by atoms with E-state index >= 15 is 0 Å². The van der Waals surface area contributed by atoms with Gasteiger partial charge in [-0.3, -0.25) is 4.79 Å². The molecule has 0 saturated carbocycles. The number of nitrogens with one attached hydrogen (secondary N) is 2. The van der Waals surface area contributed by atoms with E-state index in [4.69, 9.17) is 4.74 Å². The van der Waals surface area contributed by atoms with E-state index in [1.807, 2.05) is 47.4 Å². The van der Waals surface area contributed by atoms with Crippen LogP contribution in [0.15, 0.2) is 42.5 Å². The third kappa shape index (κ3) is 5.75. The lowest BCUT2D eigenvalue weighted by Crippen LogP contribution is -2.35. The molecule has 0 saturated heterocycles. The summed E-state index contributed by atoms with van der Waals surface area (Å²) in [6.07, 6.45) is 5.36. The third-order valence-corrected chi connectivity index (χ3v) is 5.15. The van der Waals surface area contributed by atoms with E-state index in [-0.39, 0.29) is 11.9 Å². The third-order valence-electron chi connectivity index (χ3n) is 5.15. The average molecular weight is 410 g/mol. The Kier molecular flexibility index (Phi) is 7.71. The molecule has 0 spiro atoms. The Labute approximate surface area is 178 Å². The van der Waals surface area contributed by atoms with Crippen LogP contribution in [0, 0.1) is 0 Å². The van der Waals surface area contributed by atoms with Crippen LogP contribution >= 0.6 is 0 Å². The van der Waals surface area contributed by atoms with Crippen LogP contribution < -0.4 is 20.3 Å². The number of hydrogen-bond acceptors (Lipinski definition) is 3. The fourth-order valence-electron chi connectivity index (χ4n) is 3.46. The molecule has 3 rings (SSSR count). The van der Waals surface area contributed by atoms with E-state index in [0.717, 1.165) is 54.9 Å². The number of hydrogen-bond donors (Lipinski definition) is 2. The molecule has 1 aliphatic rings. The summed E-state index contributed by atoms with van der Waals surface area (Å²) in [5.74, 6) is 0.975. The van der Waals surface area contributed by atoms with Gasteiger partial charge in [0.25, 0.3) is 0 Å². The Morgan fingerprint density at radius 3 is 2.40 bits per heavy atom. The molecule has 2 N–H and O–H groups in total. The minimum Gasteiger partial charge on any atom is -0.494 e. The molecule has 0 aliphatic carbocycles. The number of urea groups is 1. The van der Waals surface area contributed by atoms with Gasteiger partial charge >= 0.3 is 6.03 Å². The molecule has 0 unspecified atom stereocenters. The quantitative estimate of drug-likeness (QED) is 0.531. The van der Waals surface area contributed by atoms with Crippen molar-refractivity contribution in [2.45, 2.75) is 52.4 Å². The van der Waals surface area contributed by atoms with Crippen LogP contribution in [-0.4, -0.2) is 25.1 Å². The second-order valence-corrected chi connectivity index (χ2v) is 7.55. The number of amides is 3. The minimum absolute atomic E-state index is 0.177. The van der Waals surface area contributed by atoms with Crippen molar-refractivity contribution in [1.82, 2.24) is 0 Å². The van der Waals surface area contributed by atoms with Gasteiger partial charge in [-0.1, -0.05) is 26.7 Å². The monoisotopic (exact) mass is 409 g/mol. The standard InChI is InChI=1S/C24H31N3O3/c1-3-5-15-27-22-13-10-20(17-18(22)7-14-23(27)28)26-24(29)25-19-8-11-21(12-9-19)30-16-6-4-2/h8-13,17H,3-7,14-16H2,1-2H3,(H2,25,26,29). The first-order valence-corrected chi connectivity index (χ1v) is 10.8. The zero-order valence-electron chi connectivity index (χ0n) is 17.9. The van der Waals surface area contributed by atoms with Crippen LogP contribution in [0.4, 0.5) is 21.9 Å². The van der Waals surface area contributed by atoms with E-state index < -0.39 is 0 Å². The fraction of sp³-hybridized carbons (Fsp3) is 0.417. The van der Waals surface area contributed by atoms with Crippen LogP contribution in [0.1, 0.15) is 51.5 Å². The van der Waals surface area contributed by atoms with Crippen LogP contribution in [0.5, 0.6) is 5.75 Å². The molecular weight excluding hydrogens is 378 g/mol. The number of unbranched alkanes of at least 4 members (excludes halogenated alkanes) is 2. The lowest BCUT2D eigenvalue weighted by atomic mass is 10.00. The van der Waals surface area contributed by atoms with Gasteiger partial charge in [0, 0.05) is 30.0 Å². The molecule has 0 bridgehead atoms. The van der Waals surface area contributed by atoms with Crippen molar-refractivity contribution < 1.29 is 14.3 Å². The number of benzene rings is 2. The Hall–Kier alpha value is -3.02. The highest BCUT2D eigenvalue weighted by molar-refractivity contribution is 6.01. The summed E-state index contributed by atoms with van der Waals surface area (Å²) in [5, 5.41) is 5.72. The van der Waals surface area contributed by atoms with Gasteiger partial charge in [0.1, 0.15) is 5.75 Å². The fourth-order valence-corrected chi connectivity index (χ4v) is 3.46. The number of fused-ring (bicyclic) bond motifs is 1. The first-order valence-electron chi connectivity index (χ1n) is 10.8. The molecule has 1 aliphatic heterocycles. The molecule has 0 aromatic heterocycles. The molecule has 0 radical (unpaired) electrons. The molecular formula is C24H31N3O3. The van der Waals surface area contributed by atoms with Crippen LogP contribution in [0.2, 0.25) is 0 Å². The van der Waals surface area contributed by atoms with Gasteiger partial charge in [-0.2, -0.15) is 0 Å². The number of rotatable bonds is 9. The molecule has 160 valence electrons. The normalized spacial score (nSPS) is 13.0. The Morgan fingerprint density at radius 1 is 0.967 bits per heavy atom. The second kappa shape index (κ2) is 10.7. The first kappa shape index (κ1) is 21.7. The van der Waals surface area contributed by atoms with E-state index in [1.165, 1.54) is 0 Å². The zero-order valence-corrected chi connectivity index (χ0v) is 17.9. The lowest BCUT2D eigenvalue weighted by Gasteiger charge is -2.29. The topological polar surface area (TPSA) is 70.7 Å². The summed E-state index contributed by atoms with van der Waals surface area (Å²) >= 11 is 0. The molecule has 1 heterocycles. The van der Waals surface area contributed by atoms with Gasteiger partial charge < -0.3 is 20.3 Å². The Morgan fingerprint density at radius 2 is 1.67 bits per heavy atom. The van der Waals surface area contributed by atoms with E-state index in [1.54, 1.807) is 0 Å². The maximum atomic E-state index is 12.4. The number of carbonyl (C=O) groups is 2. The number of carbonyl (C=O) groups excluding carboxylic acids is 2. The maximum absolute atomic E-state index is 12.4. The van der Waals surface area contributed by atoms with Gasteiger partial charge in [-0.05, 0) is 67.3 Å². The Bertz CT molecular complexity index is 864. The highest BCUT2D eigenvalue weighted by Gasteiger charge is 2.23. The molecule has 2 aromatic carbocycles. The SMILES string of the molecule is CCCCOc1ccc(NC(=O)Nc2ccc3c(c2)CCC(=O)N3CCCC)cc1. The summed E-state index contributed by atoms with van der Waals surface area (Å²) in [6, 6.07) is 12.8. The van der Waals surface area contributed by atoms with Gasteiger partial charge in [-0.25, -0.2) is 4.79 Å². The average Bonchev–Trinajstić information content (AvgIpc) is 2.74. The lowest BCUT2D eigenvalue weighted by molar-refractivity contribution is -0.118. The van der Waals surface area contributed by atoms with Crippen molar-refractivity contribution in [3.05, 3.63) is 48.0 Å². The molecule has 6 nitrogen and oxygen atoms in total. The highest BCUT2D eigenvalue weighted by Crippen LogP contribution is 2.30. The van der Waals surface area contributed by atoms with Crippen LogP contribution in [-0.2, 0) is 11.2 Å². The number of nitrogens with zero attached hydrogens (tertiary/aromatic N) is 1. The van der Waals surface area contributed by atoms with Crippen molar-refractivity contribution in [2.75, 3.05) is 28.7 Å². The van der Waals surface area contributed by atoms with Crippen molar-refractivity contribution in [3.8, 4) is 5.75 Å². The van der Waals surface area contributed by atoms with Gasteiger partial charge in [0.05, 0.1) is 6.61 Å². The second-order valence-electron chi connectivity index (χ2n) is 7.55. The van der Waals surface area contributed by atoms with Crippen molar-refractivity contribution in [1.29, 1.82) is 0 Å². The smallest absolute Gasteiger partial charge is 0.323 e. The zero-order chi connectivity index (χ0) is 21.3. The number of aryl methyl sites for hydroxylation is 1. The van der Waals surface area contributed by atoms with E-state index in [2.05, 4.69) is 24.5 Å². The van der Waals surface area contributed by atoms with E-state index in [9.17, 15) is 9.59 Å². The predicted octanol–water partition coefficient (Wildman–Crippen LogP) is 5.59. The molecule has 0 fully saturated rings. The summed E-state index contributed by atoms with van der Waals surface area (Å²) in [7, 11) is 0. The molecule has 2 aromatic rings. The summed E-state index contributed by atoms with van der Waals surface area (Å²) in [6.45, 7) is 5.69. The number of ether oxygens (including phenoxy) is 1. The first-order chi connectivity index (χ1) is 14.6. The van der Waals surface area contributed by atoms with Crippen LogP contribution in [0.3, 0.4) is 0 Å². The minimum atomic E-state index is -0.302. The van der Waals surface area contributed by atoms with Gasteiger partial charge in [-0.15, -0.1) is 0 Å². The summed E-state index contributed by atoms with van der Waals surface area (Å²) in [5.41, 5.74) is 3.47. The van der Waals surface area contributed by atoms with Gasteiger partial charge in [0.2, 0.25) is 5.91 Å². The number of anilines is 3. The molecule has 6 heteroatoms. The molecule has 0 atom stereocenters. The largest absolute Gasteiger partial charge is 0.494 e. The summed E-state index contributed by atoms with van der Waals surface area (Å²) < 4.78 is 5.64. The van der Waals surface area contributed by atoms with Crippen molar-refractivity contribution >= 4 is 29.0 Å². The molecule has 30 heavy (non-hydrogen) atoms. The Balaban J connectivity index is 1.58. The van der Waals surface area contributed by atoms with Crippen molar-refractivity contribution in [3.63, 3.8) is 0 Å². The van der Waals surface area contributed by atoms with E-state index in [0.29, 0.717) is 25.1 Å². The van der Waals surface area contributed by atoms with Crippen molar-refractivity contribution in [2.24, 2.45) is 0 Å². The maximum Gasteiger partial charge on any atom is 0.323 e. The van der Waals surface area contributed by atoms with Crippen LogP contribution in [0.25, 0.3) is 0 Å². The summed E-state index contributed by atoms with van der Waals surface area (Å²) in [4.78, 5) is 26.5.